The number of rotatable bonds is 5. The summed E-state index contributed by atoms with van der Waals surface area (Å²) in [5.74, 6) is 1.34. The van der Waals surface area contributed by atoms with Crippen LogP contribution in [0, 0.1) is 11.3 Å². The van der Waals surface area contributed by atoms with Gasteiger partial charge in [0.25, 0.3) is 0 Å². The Hall–Kier alpha value is -2.25. The number of hydrogen-bond acceptors (Lipinski definition) is 4. The normalized spacial score (nSPS) is 9.85. The SMILES string of the molecule is CCOc1cccc(CNc2nccc(C#N)c2Cl)c1. The molecule has 2 rings (SSSR count). The summed E-state index contributed by atoms with van der Waals surface area (Å²) < 4.78 is 5.45. The van der Waals surface area contributed by atoms with Crippen LogP contribution in [0.1, 0.15) is 18.1 Å². The Balaban J connectivity index is 2.09. The minimum absolute atomic E-state index is 0.343. The second-order valence-corrected chi connectivity index (χ2v) is 4.44. The monoisotopic (exact) mass is 287 g/mol. The van der Waals surface area contributed by atoms with Crippen molar-refractivity contribution in [1.29, 1.82) is 5.26 Å². The summed E-state index contributed by atoms with van der Waals surface area (Å²) in [6.45, 7) is 3.14. The average Bonchev–Trinajstić information content (AvgIpc) is 2.47. The third-order valence-corrected chi connectivity index (χ3v) is 3.06. The lowest BCUT2D eigenvalue weighted by molar-refractivity contribution is 0.340. The Labute approximate surface area is 123 Å². The number of nitrogens with zero attached hydrogens (tertiary/aromatic N) is 2. The zero-order valence-corrected chi connectivity index (χ0v) is 11.8. The molecule has 1 N–H and O–H groups in total. The van der Waals surface area contributed by atoms with Crippen LogP contribution in [0.4, 0.5) is 5.82 Å². The number of hydrogen-bond donors (Lipinski definition) is 1. The van der Waals surface area contributed by atoms with Crippen molar-refractivity contribution in [2.24, 2.45) is 0 Å². The Kier molecular flexibility index (Phi) is 4.80. The molecule has 0 saturated carbocycles. The first-order valence-electron chi connectivity index (χ1n) is 6.24. The van der Waals surface area contributed by atoms with Crippen molar-refractivity contribution in [3.05, 3.63) is 52.7 Å². The van der Waals surface area contributed by atoms with E-state index in [4.69, 9.17) is 21.6 Å². The molecule has 0 aliphatic heterocycles. The number of halogens is 1. The lowest BCUT2D eigenvalue weighted by Gasteiger charge is -2.09. The number of anilines is 1. The minimum Gasteiger partial charge on any atom is -0.494 e. The van der Waals surface area contributed by atoms with Crippen LogP contribution in [0.5, 0.6) is 5.75 Å². The van der Waals surface area contributed by atoms with Gasteiger partial charge in [0.2, 0.25) is 0 Å². The van der Waals surface area contributed by atoms with Gasteiger partial charge < -0.3 is 10.1 Å². The van der Waals surface area contributed by atoms with Crippen LogP contribution < -0.4 is 10.1 Å². The molecule has 0 unspecified atom stereocenters. The highest BCUT2D eigenvalue weighted by Gasteiger charge is 2.06. The molecule has 0 atom stereocenters. The fourth-order valence-corrected chi connectivity index (χ4v) is 1.97. The first kappa shape index (κ1) is 14.2. The molecule has 0 fully saturated rings. The van der Waals surface area contributed by atoms with Crippen molar-refractivity contribution in [2.45, 2.75) is 13.5 Å². The van der Waals surface area contributed by atoms with Gasteiger partial charge in [-0.05, 0) is 30.7 Å². The summed E-state index contributed by atoms with van der Waals surface area (Å²) in [7, 11) is 0. The van der Waals surface area contributed by atoms with Crippen LogP contribution in [-0.2, 0) is 6.54 Å². The van der Waals surface area contributed by atoms with E-state index in [1.807, 2.05) is 37.3 Å². The van der Waals surface area contributed by atoms with E-state index in [-0.39, 0.29) is 0 Å². The summed E-state index contributed by atoms with van der Waals surface area (Å²) in [6.07, 6.45) is 1.56. The van der Waals surface area contributed by atoms with Crippen molar-refractivity contribution in [3.63, 3.8) is 0 Å². The predicted molar refractivity (Wildman–Crippen MR) is 78.9 cm³/mol. The quantitative estimate of drug-likeness (QED) is 0.912. The van der Waals surface area contributed by atoms with Gasteiger partial charge >= 0.3 is 0 Å². The molecule has 0 amide bonds. The zero-order valence-electron chi connectivity index (χ0n) is 11.1. The molecule has 5 heteroatoms. The Bertz CT molecular complexity index is 637. The highest BCUT2D eigenvalue weighted by molar-refractivity contribution is 6.34. The van der Waals surface area contributed by atoms with Crippen molar-refractivity contribution in [2.75, 3.05) is 11.9 Å². The highest BCUT2D eigenvalue weighted by atomic mass is 35.5. The van der Waals surface area contributed by atoms with Crippen LogP contribution >= 0.6 is 11.6 Å². The molecule has 0 radical (unpaired) electrons. The average molecular weight is 288 g/mol. The van der Waals surface area contributed by atoms with Gasteiger partial charge in [-0.1, -0.05) is 23.7 Å². The summed E-state index contributed by atoms with van der Waals surface area (Å²) in [6, 6.07) is 11.4. The maximum absolute atomic E-state index is 8.92. The molecule has 0 aliphatic rings. The third kappa shape index (κ3) is 3.40. The molecule has 1 aromatic heterocycles. The summed E-state index contributed by atoms with van der Waals surface area (Å²) in [4.78, 5) is 4.14. The lowest BCUT2D eigenvalue weighted by Crippen LogP contribution is -2.03. The van der Waals surface area contributed by atoms with Crippen molar-refractivity contribution in [3.8, 4) is 11.8 Å². The second-order valence-electron chi connectivity index (χ2n) is 4.07. The maximum Gasteiger partial charge on any atom is 0.146 e. The van der Waals surface area contributed by atoms with Crippen molar-refractivity contribution < 1.29 is 4.74 Å². The third-order valence-electron chi connectivity index (χ3n) is 2.68. The first-order chi connectivity index (χ1) is 9.74. The van der Waals surface area contributed by atoms with Gasteiger partial charge in [-0.15, -0.1) is 0 Å². The van der Waals surface area contributed by atoms with Crippen LogP contribution in [0.2, 0.25) is 5.02 Å². The van der Waals surface area contributed by atoms with E-state index in [2.05, 4.69) is 10.3 Å². The topological polar surface area (TPSA) is 57.9 Å². The van der Waals surface area contributed by atoms with E-state index < -0.39 is 0 Å². The van der Waals surface area contributed by atoms with Gasteiger partial charge in [-0.3, -0.25) is 0 Å². The van der Waals surface area contributed by atoms with Gasteiger partial charge in [-0.2, -0.15) is 5.26 Å². The smallest absolute Gasteiger partial charge is 0.146 e. The molecule has 0 bridgehead atoms. The van der Waals surface area contributed by atoms with Crippen LogP contribution in [-0.4, -0.2) is 11.6 Å². The molecule has 20 heavy (non-hydrogen) atoms. The number of nitriles is 1. The van der Waals surface area contributed by atoms with Crippen LogP contribution in [0.15, 0.2) is 36.5 Å². The molecule has 0 spiro atoms. The fourth-order valence-electron chi connectivity index (χ4n) is 1.75. The van der Waals surface area contributed by atoms with E-state index in [0.29, 0.717) is 29.6 Å². The van der Waals surface area contributed by atoms with E-state index >= 15 is 0 Å². The van der Waals surface area contributed by atoms with Gasteiger partial charge in [0.15, 0.2) is 0 Å². The number of benzene rings is 1. The summed E-state index contributed by atoms with van der Waals surface area (Å²) in [5, 5.41) is 12.4. The van der Waals surface area contributed by atoms with Gasteiger partial charge in [0, 0.05) is 12.7 Å². The van der Waals surface area contributed by atoms with Crippen molar-refractivity contribution >= 4 is 17.4 Å². The fraction of sp³-hybridized carbons (Fsp3) is 0.200. The molecule has 4 nitrogen and oxygen atoms in total. The largest absolute Gasteiger partial charge is 0.494 e. The van der Waals surface area contributed by atoms with Gasteiger partial charge in [-0.25, -0.2) is 4.98 Å². The number of ether oxygens (including phenoxy) is 1. The predicted octanol–water partition coefficient (Wildman–Crippen LogP) is 3.62. The Morgan fingerprint density at radius 1 is 1.40 bits per heavy atom. The van der Waals surface area contributed by atoms with Gasteiger partial charge in [0.1, 0.15) is 22.7 Å². The molecule has 0 saturated heterocycles. The summed E-state index contributed by atoms with van der Waals surface area (Å²) >= 11 is 6.08. The number of nitrogens with one attached hydrogen (secondary N) is 1. The highest BCUT2D eigenvalue weighted by Crippen LogP contribution is 2.23. The van der Waals surface area contributed by atoms with E-state index in [0.717, 1.165) is 11.3 Å². The molecular formula is C15H14ClN3O. The first-order valence-corrected chi connectivity index (χ1v) is 6.62. The Morgan fingerprint density at radius 3 is 3.00 bits per heavy atom. The second kappa shape index (κ2) is 6.78. The standard InChI is InChI=1S/C15H14ClN3O/c1-2-20-13-5-3-4-11(8-13)10-19-15-14(16)12(9-17)6-7-18-15/h3-8H,2,10H2,1H3,(H,18,19). The lowest BCUT2D eigenvalue weighted by atomic mass is 10.2. The molecule has 0 aliphatic carbocycles. The molecule has 2 aromatic rings. The number of pyridine rings is 1. The molecule has 1 heterocycles. The molecule has 102 valence electrons. The minimum atomic E-state index is 0.343. The van der Waals surface area contributed by atoms with E-state index in [1.54, 1.807) is 12.3 Å². The number of aromatic nitrogens is 1. The summed E-state index contributed by atoms with van der Waals surface area (Å²) in [5.41, 5.74) is 1.46. The maximum atomic E-state index is 8.92. The van der Waals surface area contributed by atoms with Crippen molar-refractivity contribution in [1.82, 2.24) is 4.98 Å². The zero-order chi connectivity index (χ0) is 14.4. The van der Waals surface area contributed by atoms with Gasteiger partial charge in [0.05, 0.1) is 12.2 Å². The Morgan fingerprint density at radius 2 is 2.25 bits per heavy atom. The van der Waals surface area contributed by atoms with Crippen LogP contribution in [0.3, 0.4) is 0 Å². The van der Waals surface area contributed by atoms with E-state index in [9.17, 15) is 0 Å². The van der Waals surface area contributed by atoms with E-state index in [1.165, 1.54) is 0 Å². The van der Waals surface area contributed by atoms with Crippen LogP contribution in [0.25, 0.3) is 0 Å². The molecule has 1 aromatic carbocycles. The molecular weight excluding hydrogens is 274 g/mol.